The Morgan fingerprint density at radius 2 is 1.32 bits per heavy atom. The first kappa shape index (κ1) is 18.3. The van der Waals surface area contributed by atoms with Gasteiger partial charge in [-0.2, -0.15) is 0 Å². The lowest BCUT2D eigenvalue weighted by molar-refractivity contribution is 1.23. The van der Waals surface area contributed by atoms with Gasteiger partial charge in [0.15, 0.2) is 5.82 Å². The van der Waals surface area contributed by atoms with Crippen molar-refractivity contribution < 1.29 is 0 Å². The van der Waals surface area contributed by atoms with Gasteiger partial charge in [0.05, 0.1) is 0 Å². The molecule has 0 radical (unpaired) electrons. The molecule has 4 rings (SSSR count). The quantitative estimate of drug-likeness (QED) is 0.357. The van der Waals surface area contributed by atoms with Gasteiger partial charge in [-0.1, -0.05) is 91.0 Å². The SMILES string of the molecule is Cc1cccnc1/N=C/c1ccccc1P(c1ccccc1)c1ccccc1. The zero-order valence-corrected chi connectivity index (χ0v) is 16.6. The summed E-state index contributed by atoms with van der Waals surface area (Å²) in [5, 5.41) is 3.96. The van der Waals surface area contributed by atoms with Crippen LogP contribution in [0.25, 0.3) is 0 Å². The topological polar surface area (TPSA) is 25.2 Å². The summed E-state index contributed by atoms with van der Waals surface area (Å²) in [6.07, 6.45) is 3.73. The van der Waals surface area contributed by atoms with Crippen molar-refractivity contribution in [1.82, 2.24) is 4.98 Å². The second kappa shape index (κ2) is 8.73. The molecule has 3 heteroatoms. The van der Waals surface area contributed by atoms with Gasteiger partial charge in [0.25, 0.3) is 0 Å². The Morgan fingerprint density at radius 1 is 0.714 bits per heavy atom. The standard InChI is InChI=1S/C25H21N2P/c1-20-11-10-18-26-25(20)27-19-21-12-8-9-17-24(21)28(22-13-4-2-5-14-22)23-15-6-3-7-16-23/h2-19H,1H3/b27-19+. The molecule has 0 N–H and O–H groups in total. The van der Waals surface area contributed by atoms with Crippen LogP contribution < -0.4 is 15.9 Å². The maximum Gasteiger partial charge on any atom is 0.154 e. The highest BCUT2D eigenvalue weighted by molar-refractivity contribution is 7.80. The van der Waals surface area contributed by atoms with Gasteiger partial charge in [0.2, 0.25) is 0 Å². The van der Waals surface area contributed by atoms with Crippen molar-refractivity contribution in [1.29, 1.82) is 0 Å². The second-order valence-electron chi connectivity index (χ2n) is 6.47. The van der Waals surface area contributed by atoms with E-state index in [0.717, 1.165) is 16.9 Å². The average Bonchev–Trinajstić information content (AvgIpc) is 2.76. The zero-order valence-electron chi connectivity index (χ0n) is 15.7. The lowest BCUT2D eigenvalue weighted by Crippen LogP contribution is -2.23. The predicted octanol–water partition coefficient (Wildman–Crippen LogP) is 4.90. The zero-order chi connectivity index (χ0) is 19.2. The third kappa shape index (κ3) is 4.08. The number of aliphatic imine (C=N–C) groups is 1. The van der Waals surface area contributed by atoms with E-state index < -0.39 is 7.92 Å². The molecular formula is C25H21N2P. The van der Waals surface area contributed by atoms with E-state index in [4.69, 9.17) is 0 Å². The van der Waals surface area contributed by atoms with E-state index in [1.165, 1.54) is 15.9 Å². The molecule has 2 nitrogen and oxygen atoms in total. The normalized spacial score (nSPS) is 11.2. The van der Waals surface area contributed by atoms with Crippen molar-refractivity contribution in [2.45, 2.75) is 6.92 Å². The number of hydrogen-bond donors (Lipinski definition) is 0. The van der Waals surface area contributed by atoms with Crippen molar-refractivity contribution in [2.75, 3.05) is 0 Å². The van der Waals surface area contributed by atoms with Crippen LogP contribution >= 0.6 is 7.92 Å². The minimum absolute atomic E-state index is 0.667. The molecule has 0 fully saturated rings. The van der Waals surface area contributed by atoms with E-state index in [1.54, 1.807) is 6.20 Å². The fourth-order valence-corrected chi connectivity index (χ4v) is 5.55. The number of nitrogens with zero attached hydrogens (tertiary/aromatic N) is 2. The van der Waals surface area contributed by atoms with Crippen molar-refractivity contribution in [3.05, 3.63) is 114 Å². The molecule has 3 aromatic carbocycles. The second-order valence-corrected chi connectivity index (χ2v) is 8.65. The lowest BCUT2D eigenvalue weighted by Gasteiger charge is -2.21. The molecule has 0 spiro atoms. The summed E-state index contributed by atoms with van der Waals surface area (Å²) in [4.78, 5) is 9.07. The van der Waals surface area contributed by atoms with Crippen LogP contribution in [-0.2, 0) is 0 Å². The molecule has 0 saturated carbocycles. The number of aryl methyl sites for hydroxylation is 1. The van der Waals surface area contributed by atoms with Crippen LogP contribution in [0.4, 0.5) is 5.82 Å². The van der Waals surface area contributed by atoms with Gasteiger partial charge in [-0.15, -0.1) is 0 Å². The van der Waals surface area contributed by atoms with E-state index in [0.29, 0.717) is 0 Å². The Balaban J connectivity index is 1.81. The van der Waals surface area contributed by atoms with Crippen LogP contribution in [0, 0.1) is 6.92 Å². The third-order valence-electron chi connectivity index (χ3n) is 4.51. The molecular weight excluding hydrogens is 359 g/mol. The van der Waals surface area contributed by atoms with E-state index in [1.807, 2.05) is 25.3 Å². The summed E-state index contributed by atoms with van der Waals surface area (Å²) in [5.41, 5.74) is 2.20. The summed E-state index contributed by atoms with van der Waals surface area (Å²) in [6.45, 7) is 2.03. The van der Waals surface area contributed by atoms with Crippen LogP contribution in [0.15, 0.2) is 108 Å². The Morgan fingerprint density at radius 3 is 1.96 bits per heavy atom. The lowest BCUT2D eigenvalue weighted by atomic mass is 10.2. The first-order valence-corrected chi connectivity index (χ1v) is 10.6. The molecule has 1 heterocycles. The number of rotatable bonds is 5. The Labute approximate surface area is 167 Å². The Kier molecular flexibility index (Phi) is 5.70. The van der Waals surface area contributed by atoms with Crippen LogP contribution in [-0.4, -0.2) is 11.2 Å². The Bertz CT molecular complexity index is 1040. The highest BCUT2D eigenvalue weighted by Crippen LogP contribution is 2.33. The van der Waals surface area contributed by atoms with Gasteiger partial charge >= 0.3 is 0 Å². The summed E-state index contributed by atoms with van der Waals surface area (Å²) in [7, 11) is -0.667. The molecule has 0 saturated heterocycles. The highest BCUT2D eigenvalue weighted by atomic mass is 31.1. The molecule has 0 aliphatic rings. The van der Waals surface area contributed by atoms with Crippen molar-refractivity contribution in [2.24, 2.45) is 4.99 Å². The van der Waals surface area contributed by atoms with Gasteiger partial charge < -0.3 is 0 Å². The fourth-order valence-electron chi connectivity index (χ4n) is 3.12. The monoisotopic (exact) mass is 380 g/mol. The first-order valence-electron chi connectivity index (χ1n) is 9.28. The van der Waals surface area contributed by atoms with Crippen LogP contribution in [0.2, 0.25) is 0 Å². The van der Waals surface area contributed by atoms with E-state index >= 15 is 0 Å². The van der Waals surface area contributed by atoms with Crippen molar-refractivity contribution >= 4 is 35.9 Å². The van der Waals surface area contributed by atoms with Gasteiger partial charge in [-0.25, -0.2) is 9.98 Å². The van der Waals surface area contributed by atoms with Crippen LogP contribution in [0.3, 0.4) is 0 Å². The number of hydrogen-bond acceptors (Lipinski definition) is 2. The van der Waals surface area contributed by atoms with Crippen LogP contribution in [0.1, 0.15) is 11.1 Å². The van der Waals surface area contributed by atoms with Gasteiger partial charge in [0.1, 0.15) is 0 Å². The van der Waals surface area contributed by atoms with E-state index in [9.17, 15) is 0 Å². The van der Waals surface area contributed by atoms with Gasteiger partial charge in [-0.3, -0.25) is 0 Å². The van der Waals surface area contributed by atoms with Crippen LogP contribution in [0.5, 0.6) is 0 Å². The van der Waals surface area contributed by atoms with Gasteiger partial charge in [-0.05, 0) is 42.4 Å². The largest absolute Gasteiger partial charge is 0.237 e. The Hall–Kier alpha value is -3.09. The van der Waals surface area contributed by atoms with E-state index in [2.05, 4.69) is 94.9 Å². The molecule has 28 heavy (non-hydrogen) atoms. The van der Waals surface area contributed by atoms with Crippen molar-refractivity contribution in [3.8, 4) is 0 Å². The molecule has 0 unspecified atom stereocenters. The summed E-state index contributed by atoms with van der Waals surface area (Å²) in [5.74, 6) is 0.765. The first-order chi connectivity index (χ1) is 13.8. The molecule has 0 aliphatic heterocycles. The predicted molar refractivity (Wildman–Crippen MR) is 121 cm³/mol. The molecule has 0 amide bonds. The average molecular weight is 380 g/mol. The minimum atomic E-state index is -0.667. The molecule has 1 aromatic heterocycles. The molecule has 136 valence electrons. The summed E-state index contributed by atoms with van der Waals surface area (Å²) < 4.78 is 0. The fraction of sp³-hybridized carbons (Fsp3) is 0.0400. The third-order valence-corrected chi connectivity index (χ3v) is 7.03. The number of benzene rings is 3. The molecule has 0 atom stereocenters. The number of pyridine rings is 1. The van der Waals surface area contributed by atoms with Crippen molar-refractivity contribution in [3.63, 3.8) is 0 Å². The molecule has 0 bridgehead atoms. The molecule has 0 aliphatic carbocycles. The smallest absolute Gasteiger partial charge is 0.154 e. The minimum Gasteiger partial charge on any atom is -0.237 e. The molecule has 4 aromatic rings. The maximum atomic E-state index is 4.68. The maximum absolute atomic E-state index is 4.68. The highest BCUT2D eigenvalue weighted by Gasteiger charge is 2.18. The van der Waals surface area contributed by atoms with Gasteiger partial charge in [0, 0.05) is 18.0 Å². The number of aromatic nitrogens is 1. The van der Waals surface area contributed by atoms with E-state index in [-0.39, 0.29) is 0 Å². The summed E-state index contributed by atoms with van der Waals surface area (Å²) >= 11 is 0. The summed E-state index contributed by atoms with van der Waals surface area (Å²) in [6, 6.07) is 34.0.